The number of nitrogens with one attached hydrogen (secondary N) is 1. The van der Waals surface area contributed by atoms with Gasteiger partial charge in [0.25, 0.3) is 0 Å². The third-order valence-electron chi connectivity index (χ3n) is 5.75. The molecule has 148 valence electrons. The minimum Gasteiger partial charge on any atom is -0.378 e. The van der Waals surface area contributed by atoms with Gasteiger partial charge in [0.05, 0.1) is 26.3 Å². The Bertz CT molecular complexity index is 623. The molecule has 0 spiro atoms. The van der Waals surface area contributed by atoms with Crippen LogP contribution in [0.25, 0.3) is 0 Å². The topological polar surface area (TPSA) is 61.9 Å². The second kappa shape index (κ2) is 9.33. The molecule has 0 aromatic heterocycles. The largest absolute Gasteiger partial charge is 0.378 e. The summed E-state index contributed by atoms with van der Waals surface area (Å²) >= 11 is 0. The Morgan fingerprint density at radius 2 is 1.78 bits per heavy atom. The molecular formula is C21H31N3O3. The summed E-state index contributed by atoms with van der Waals surface area (Å²) in [5, 5.41) is 3.12. The van der Waals surface area contributed by atoms with Crippen molar-refractivity contribution < 1.29 is 14.3 Å². The van der Waals surface area contributed by atoms with Gasteiger partial charge in [-0.15, -0.1) is 0 Å². The molecule has 1 saturated carbocycles. The molecule has 2 amide bonds. The van der Waals surface area contributed by atoms with E-state index in [2.05, 4.69) is 29.6 Å². The summed E-state index contributed by atoms with van der Waals surface area (Å²) in [6.07, 6.45) is 4.64. The Kier molecular flexibility index (Phi) is 6.85. The number of ether oxygens (including phenoxy) is 1. The average Bonchev–Trinajstić information content (AvgIpc) is 3.18. The molecule has 0 atom stereocenters. The van der Waals surface area contributed by atoms with Gasteiger partial charge in [0.2, 0.25) is 11.8 Å². The van der Waals surface area contributed by atoms with Gasteiger partial charge in [-0.25, -0.2) is 0 Å². The molecular weight excluding hydrogens is 342 g/mol. The maximum Gasteiger partial charge on any atom is 0.236 e. The normalized spacial score (nSPS) is 19.3. The first-order chi connectivity index (χ1) is 13.1. The molecule has 0 bridgehead atoms. The zero-order chi connectivity index (χ0) is 19.1. The summed E-state index contributed by atoms with van der Waals surface area (Å²) in [4.78, 5) is 28.3. The zero-order valence-electron chi connectivity index (χ0n) is 16.3. The van der Waals surface area contributed by atoms with Crippen LogP contribution in [-0.2, 0) is 19.7 Å². The lowest BCUT2D eigenvalue weighted by Gasteiger charge is -2.31. The molecule has 2 fully saturated rings. The molecule has 1 heterocycles. The van der Waals surface area contributed by atoms with Crippen LogP contribution in [0.15, 0.2) is 30.3 Å². The number of amides is 2. The molecule has 0 radical (unpaired) electrons. The van der Waals surface area contributed by atoms with Gasteiger partial charge in [-0.3, -0.25) is 14.5 Å². The van der Waals surface area contributed by atoms with Gasteiger partial charge in [-0.1, -0.05) is 43.2 Å². The molecule has 6 nitrogen and oxygen atoms in total. The summed E-state index contributed by atoms with van der Waals surface area (Å²) in [7, 11) is 1.82. The lowest BCUT2D eigenvalue weighted by molar-refractivity contribution is -0.136. The SMILES string of the molecule is CN(CC(=O)NCC1(c2ccccc2)CCCC1)CC(=O)N1CCOCC1. The van der Waals surface area contributed by atoms with Crippen molar-refractivity contribution in [1.82, 2.24) is 15.1 Å². The van der Waals surface area contributed by atoms with E-state index >= 15 is 0 Å². The number of rotatable bonds is 7. The van der Waals surface area contributed by atoms with Crippen molar-refractivity contribution >= 4 is 11.8 Å². The predicted molar refractivity (Wildman–Crippen MR) is 104 cm³/mol. The van der Waals surface area contributed by atoms with Crippen LogP contribution in [0.3, 0.4) is 0 Å². The third kappa shape index (κ3) is 5.30. The Morgan fingerprint density at radius 3 is 2.44 bits per heavy atom. The first kappa shape index (κ1) is 19.8. The number of morpholine rings is 1. The van der Waals surface area contributed by atoms with E-state index < -0.39 is 0 Å². The molecule has 1 saturated heterocycles. The monoisotopic (exact) mass is 373 g/mol. The van der Waals surface area contributed by atoms with Crippen LogP contribution in [0.4, 0.5) is 0 Å². The first-order valence-electron chi connectivity index (χ1n) is 9.95. The predicted octanol–water partition coefficient (Wildman–Crippen LogP) is 1.41. The second-order valence-electron chi connectivity index (χ2n) is 7.80. The zero-order valence-corrected chi connectivity index (χ0v) is 16.3. The molecule has 1 aliphatic carbocycles. The van der Waals surface area contributed by atoms with E-state index in [0.717, 1.165) is 12.8 Å². The van der Waals surface area contributed by atoms with Gasteiger partial charge in [0, 0.05) is 25.0 Å². The van der Waals surface area contributed by atoms with Crippen molar-refractivity contribution in [2.24, 2.45) is 0 Å². The van der Waals surface area contributed by atoms with Gasteiger partial charge in [-0.05, 0) is 25.5 Å². The molecule has 1 aliphatic heterocycles. The van der Waals surface area contributed by atoms with Crippen molar-refractivity contribution in [2.75, 3.05) is 53.0 Å². The summed E-state index contributed by atoms with van der Waals surface area (Å²) in [6.45, 7) is 3.63. The van der Waals surface area contributed by atoms with E-state index in [-0.39, 0.29) is 30.3 Å². The summed E-state index contributed by atoms with van der Waals surface area (Å²) in [5.41, 5.74) is 1.37. The summed E-state index contributed by atoms with van der Waals surface area (Å²) < 4.78 is 5.27. The van der Waals surface area contributed by atoms with Crippen molar-refractivity contribution in [3.8, 4) is 0 Å². The Balaban J connectivity index is 1.47. The van der Waals surface area contributed by atoms with E-state index in [9.17, 15) is 9.59 Å². The summed E-state index contributed by atoms with van der Waals surface area (Å²) in [5.74, 6) is 0.0413. The van der Waals surface area contributed by atoms with Crippen LogP contribution in [0.2, 0.25) is 0 Å². The van der Waals surface area contributed by atoms with Crippen molar-refractivity contribution in [1.29, 1.82) is 0 Å². The number of likely N-dealkylation sites (N-methyl/N-ethyl adjacent to an activating group) is 1. The van der Waals surface area contributed by atoms with Gasteiger partial charge < -0.3 is 15.0 Å². The quantitative estimate of drug-likeness (QED) is 0.785. The molecule has 1 aromatic rings. The highest BCUT2D eigenvalue weighted by Crippen LogP contribution is 2.40. The smallest absolute Gasteiger partial charge is 0.236 e. The van der Waals surface area contributed by atoms with Crippen molar-refractivity contribution in [3.05, 3.63) is 35.9 Å². The molecule has 3 rings (SSSR count). The van der Waals surface area contributed by atoms with Crippen LogP contribution >= 0.6 is 0 Å². The van der Waals surface area contributed by atoms with E-state index in [1.54, 1.807) is 9.80 Å². The number of hydrogen-bond acceptors (Lipinski definition) is 4. The fourth-order valence-corrected chi connectivity index (χ4v) is 4.18. The van der Waals surface area contributed by atoms with Gasteiger partial charge in [-0.2, -0.15) is 0 Å². The molecule has 6 heteroatoms. The molecule has 27 heavy (non-hydrogen) atoms. The number of carbonyl (C=O) groups is 2. The van der Waals surface area contributed by atoms with E-state index in [0.29, 0.717) is 32.8 Å². The molecule has 0 unspecified atom stereocenters. The third-order valence-corrected chi connectivity index (χ3v) is 5.75. The lowest BCUT2D eigenvalue weighted by Crippen LogP contribution is -2.47. The van der Waals surface area contributed by atoms with Crippen LogP contribution in [-0.4, -0.2) is 74.6 Å². The molecule has 1 N–H and O–H groups in total. The number of benzene rings is 1. The fourth-order valence-electron chi connectivity index (χ4n) is 4.18. The fraction of sp³-hybridized carbons (Fsp3) is 0.619. The Morgan fingerprint density at radius 1 is 1.11 bits per heavy atom. The van der Waals surface area contributed by atoms with Crippen LogP contribution in [0.5, 0.6) is 0 Å². The van der Waals surface area contributed by atoms with Crippen LogP contribution < -0.4 is 5.32 Å². The number of hydrogen-bond donors (Lipinski definition) is 1. The van der Waals surface area contributed by atoms with E-state index in [4.69, 9.17) is 4.74 Å². The average molecular weight is 373 g/mol. The Labute approximate surface area is 161 Å². The highest BCUT2D eigenvalue weighted by atomic mass is 16.5. The van der Waals surface area contributed by atoms with Crippen LogP contribution in [0, 0.1) is 0 Å². The second-order valence-corrected chi connectivity index (χ2v) is 7.80. The van der Waals surface area contributed by atoms with E-state index in [1.807, 2.05) is 13.1 Å². The van der Waals surface area contributed by atoms with Crippen molar-refractivity contribution in [3.63, 3.8) is 0 Å². The maximum absolute atomic E-state index is 12.4. The van der Waals surface area contributed by atoms with E-state index in [1.165, 1.54) is 18.4 Å². The standard InChI is InChI=1S/C21H31N3O3/c1-23(16-20(26)24-11-13-27-14-12-24)15-19(25)22-17-21(9-5-6-10-21)18-7-3-2-4-8-18/h2-4,7-8H,5-6,9-17H2,1H3,(H,22,25). The van der Waals surface area contributed by atoms with Crippen LogP contribution in [0.1, 0.15) is 31.2 Å². The van der Waals surface area contributed by atoms with Crippen molar-refractivity contribution in [2.45, 2.75) is 31.1 Å². The minimum absolute atomic E-state index is 0.0190. The highest BCUT2D eigenvalue weighted by Gasteiger charge is 2.35. The maximum atomic E-state index is 12.4. The molecule has 2 aliphatic rings. The van der Waals surface area contributed by atoms with Gasteiger partial charge in [0.1, 0.15) is 0 Å². The molecule has 1 aromatic carbocycles. The first-order valence-corrected chi connectivity index (χ1v) is 9.95. The van der Waals surface area contributed by atoms with Gasteiger partial charge >= 0.3 is 0 Å². The lowest BCUT2D eigenvalue weighted by atomic mass is 9.79. The van der Waals surface area contributed by atoms with Gasteiger partial charge in [0.15, 0.2) is 0 Å². The summed E-state index contributed by atoms with van der Waals surface area (Å²) in [6, 6.07) is 10.5. The Hall–Kier alpha value is -1.92. The number of carbonyl (C=O) groups excluding carboxylic acids is 2. The highest BCUT2D eigenvalue weighted by molar-refractivity contribution is 5.81. The number of nitrogens with zero attached hydrogens (tertiary/aromatic N) is 2. The minimum atomic E-state index is -0.0190.